The fourth-order valence-electron chi connectivity index (χ4n) is 1.53. The molecular weight excluding hydrogens is 272 g/mol. The number of carbonyl (C=O) groups is 1. The zero-order valence-electron chi connectivity index (χ0n) is 10.2. The maximum absolute atomic E-state index is 13.4. The third kappa shape index (κ3) is 3.06. The van der Waals surface area contributed by atoms with Crippen molar-refractivity contribution in [2.24, 2.45) is 5.84 Å². The molecule has 0 spiro atoms. The summed E-state index contributed by atoms with van der Waals surface area (Å²) < 4.78 is 31.4. The number of halogens is 2. The Kier molecular flexibility index (Phi) is 4.20. The van der Waals surface area contributed by atoms with Crippen molar-refractivity contribution in [1.29, 1.82) is 0 Å². The molecule has 0 aliphatic heterocycles. The summed E-state index contributed by atoms with van der Waals surface area (Å²) in [5, 5.41) is 6.04. The zero-order valence-corrected chi connectivity index (χ0v) is 10.2. The Morgan fingerprint density at radius 3 is 2.60 bits per heavy atom. The van der Waals surface area contributed by atoms with Crippen LogP contribution in [0.3, 0.4) is 0 Å². The van der Waals surface area contributed by atoms with Gasteiger partial charge in [0.15, 0.2) is 17.5 Å². The van der Waals surface area contributed by atoms with E-state index in [9.17, 15) is 13.6 Å². The largest absolute Gasteiger partial charge is 0.352 e. The fraction of sp³-hybridized carbons (Fsp3) is 0.182. The van der Waals surface area contributed by atoms with E-state index in [2.05, 4.69) is 20.0 Å². The summed E-state index contributed by atoms with van der Waals surface area (Å²) in [6.07, 6.45) is 1.51. The van der Waals surface area contributed by atoms with Gasteiger partial charge in [0.2, 0.25) is 6.39 Å². The van der Waals surface area contributed by atoms with Crippen molar-refractivity contribution in [3.05, 3.63) is 41.5 Å². The topological polar surface area (TPSA) is 106 Å². The Balaban J connectivity index is 1.99. The van der Waals surface area contributed by atoms with Gasteiger partial charge in [-0.05, 0) is 12.1 Å². The number of rotatable bonds is 5. The number of nitrogens with two attached hydrogens (primary N) is 1. The quantitative estimate of drug-likeness (QED) is 0.548. The van der Waals surface area contributed by atoms with Gasteiger partial charge >= 0.3 is 0 Å². The van der Waals surface area contributed by atoms with Gasteiger partial charge in [-0.25, -0.2) is 8.78 Å². The number of aromatic nitrogens is 2. The van der Waals surface area contributed by atoms with Crippen molar-refractivity contribution in [2.45, 2.75) is 6.42 Å². The molecule has 7 nitrogen and oxygen atoms in total. The molecule has 0 bridgehead atoms. The molecule has 4 N–H and O–H groups in total. The van der Waals surface area contributed by atoms with Crippen LogP contribution in [-0.2, 0) is 6.42 Å². The van der Waals surface area contributed by atoms with Crippen LogP contribution < -0.4 is 16.6 Å². The van der Waals surface area contributed by atoms with Crippen LogP contribution in [0.25, 0.3) is 0 Å². The molecule has 0 saturated heterocycles. The predicted octanol–water partition coefficient (Wildman–Crippen LogP) is 0.606. The average molecular weight is 283 g/mol. The fourth-order valence-corrected chi connectivity index (χ4v) is 1.53. The molecule has 0 fully saturated rings. The number of carbonyl (C=O) groups excluding carboxylic acids is 1. The Bertz CT molecular complexity index is 580. The molecule has 2 rings (SSSR count). The molecule has 1 aromatic carbocycles. The molecule has 1 aromatic heterocycles. The van der Waals surface area contributed by atoms with E-state index in [0.29, 0.717) is 12.2 Å². The summed E-state index contributed by atoms with van der Waals surface area (Å²) in [5.41, 5.74) is 1.24. The van der Waals surface area contributed by atoms with Gasteiger partial charge in [-0.15, -0.1) is 0 Å². The average Bonchev–Trinajstić information content (AvgIpc) is 2.91. The van der Waals surface area contributed by atoms with Gasteiger partial charge in [0.25, 0.3) is 5.91 Å². The van der Waals surface area contributed by atoms with Gasteiger partial charge in [0, 0.05) is 18.5 Å². The summed E-state index contributed by atoms with van der Waals surface area (Å²) in [5.74, 6) is 2.87. The lowest BCUT2D eigenvalue weighted by molar-refractivity contribution is 0.0953. The summed E-state index contributed by atoms with van der Waals surface area (Å²) in [4.78, 5) is 15.5. The highest BCUT2D eigenvalue weighted by molar-refractivity contribution is 5.94. The van der Waals surface area contributed by atoms with E-state index in [4.69, 9.17) is 5.84 Å². The molecule has 20 heavy (non-hydrogen) atoms. The van der Waals surface area contributed by atoms with E-state index >= 15 is 0 Å². The van der Waals surface area contributed by atoms with E-state index < -0.39 is 23.2 Å². The Hall–Kier alpha value is -2.55. The monoisotopic (exact) mass is 283 g/mol. The molecule has 0 radical (unpaired) electrons. The number of hydrogen-bond donors (Lipinski definition) is 3. The predicted molar refractivity (Wildman–Crippen MR) is 64.5 cm³/mol. The summed E-state index contributed by atoms with van der Waals surface area (Å²) in [6.45, 7) is 0.207. The number of nitrogens with one attached hydrogen (secondary N) is 2. The Morgan fingerprint density at radius 1 is 1.35 bits per heavy atom. The Labute approximate surface area is 112 Å². The molecule has 0 unspecified atom stereocenters. The first-order chi connectivity index (χ1) is 9.61. The van der Waals surface area contributed by atoms with E-state index in [-0.39, 0.29) is 12.1 Å². The highest BCUT2D eigenvalue weighted by Crippen LogP contribution is 2.19. The summed E-state index contributed by atoms with van der Waals surface area (Å²) in [6, 6.07) is 1.78. The smallest absolute Gasteiger partial charge is 0.251 e. The lowest BCUT2D eigenvalue weighted by atomic mass is 10.1. The minimum atomic E-state index is -0.948. The van der Waals surface area contributed by atoms with E-state index in [0.717, 1.165) is 12.1 Å². The van der Waals surface area contributed by atoms with Crippen LogP contribution in [0.2, 0.25) is 0 Å². The number of amides is 1. The molecule has 0 saturated carbocycles. The molecule has 106 valence electrons. The maximum atomic E-state index is 13.4. The van der Waals surface area contributed by atoms with E-state index in [1.165, 1.54) is 6.39 Å². The first-order valence-electron chi connectivity index (χ1n) is 5.61. The standard InChI is InChI=1S/C11H11F2N5O2/c12-7-3-6(4-8(13)10(7)17-14)11(19)15-2-1-9-16-5-20-18-9/h3-5,17H,1-2,14H2,(H,15,19). The lowest BCUT2D eigenvalue weighted by Crippen LogP contribution is -2.26. The number of nitrogen functional groups attached to an aromatic ring is 1. The van der Waals surface area contributed by atoms with Gasteiger partial charge in [-0.2, -0.15) is 4.98 Å². The van der Waals surface area contributed by atoms with E-state index in [1.54, 1.807) is 0 Å². The molecule has 0 aliphatic carbocycles. The van der Waals surface area contributed by atoms with Gasteiger partial charge in [0.1, 0.15) is 5.69 Å². The minimum absolute atomic E-state index is 0.146. The third-order valence-electron chi connectivity index (χ3n) is 2.49. The van der Waals surface area contributed by atoms with Crippen LogP contribution in [0, 0.1) is 11.6 Å². The van der Waals surface area contributed by atoms with Crippen molar-refractivity contribution in [2.75, 3.05) is 12.0 Å². The van der Waals surface area contributed by atoms with Gasteiger partial charge in [-0.1, -0.05) is 5.16 Å². The van der Waals surface area contributed by atoms with Crippen molar-refractivity contribution in [1.82, 2.24) is 15.5 Å². The summed E-state index contributed by atoms with van der Waals surface area (Å²) >= 11 is 0. The van der Waals surface area contributed by atoms with Crippen LogP contribution in [0.5, 0.6) is 0 Å². The van der Waals surface area contributed by atoms with Crippen molar-refractivity contribution >= 4 is 11.6 Å². The molecule has 0 aliphatic rings. The maximum Gasteiger partial charge on any atom is 0.251 e. The second-order valence-corrected chi connectivity index (χ2v) is 3.81. The van der Waals surface area contributed by atoms with Crippen LogP contribution >= 0.6 is 0 Å². The van der Waals surface area contributed by atoms with Crippen molar-refractivity contribution in [3.63, 3.8) is 0 Å². The number of hydrazine groups is 1. The van der Waals surface area contributed by atoms with Crippen LogP contribution in [0.1, 0.15) is 16.2 Å². The molecular formula is C11H11F2N5O2. The highest BCUT2D eigenvalue weighted by Gasteiger charge is 2.14. The lowest BCUT2D eigenvalue weighted by Gasteiger charge is -2.07. The van der Waals surface area contributed by atoms with Gasteiger partial charge in [-0.3, -0.25) is 10.6 Å². The van der Waals surface area contributed by atoms with Crippen LogP contribution in [0.4, 0.5) is 14.5 Å². The Morgan fingerprint density at radius 2 is 2.05 bits per heavy atom. The number of hydrogen-bond acceptors (Lipinski definition) is 6. The second-order valence-electron chi connectivity index (χ2n) is 3.81. The highest BCUT2D eigenvalue weighted by atomic mass is 19.1. The molecule has 2 aromatic rings. The van der Waals surface area contributed by atoms with Gasteiger partial charge < -0.3 is 15.3 Å². The van der Waals surface area contributed by atoms with Crippen molar-refractivity contribution < 1.29 is 18.1 Å². The number of anilines is 1. The molecule has 1 heterocycles. The van der Waals surface area contributed by atoms with Crippen LogP contribution in [-0.4, -0.2) is 22.6 Å². The van der Waals surface area contributed by atoms with Gasteiger partial charge in [0.05, 0.1) is 0 Å². The first-order valence-corrected chi connectivity index (χ1v) is 5.61. The number of nitrogens with zero attached hydrogens (tertiary/aromatic N) is 2. The van der Waals surface area contributed by atoms with E-state index in [1.807, 2.05) is 5.43 Å². The molecule has 0 atom stereocenters. The zero-order chi connectivity index (χ0) is 14.5. The first kappa shape index (κ1) is 13.9. The van der Waals surface area contributed by atoms with Crippen LogP contribution in [0.15, 0.2) is 23.0 Å². The third-order valence-corrected chi connectivity index (χ3v) is 2.49. The molecule has 1 amide bonds. The normalized spacial score (nSPS) is 10.3. The minimum Gasteiger partial charge on any atom is -0.352 e. The number of benzene rings is 1. The summed E-state index contributed by atoms with van der Waals surface area (Å²) in [7, 11) is 0. The SMILES string of the molecule is NNc1c(F)cc(C(=O)NCCc2ncon2)cc1F. The molecule has 9 heteroatoms. The second kappa shape index (κ2) is 6.06. The van der Waals surface area contributed by atoms with Crippen molar-refractivity contribution in [3.8, 4) is 0 Å².